The number of aryl methyl sites for hydroxylation is 2. The van der Waals surface area contributed by atoms with Crippen LogP contribution in [-0.4, -0.2) is 32.5 Å². The van der Waals surface area contributed by atoms with Crippen LogP contribution in [0.5, 0.6) is 0 Å². The lowest BCUT2D eigenvalue weighted by Gasteiger charge is -2.16. The van der Waals surface area contributed by atoms with Crippen LogP contribution in [-0.2, 0) is 0 Å². The predicted octanol–water partition coefficient (Wildman–Crippen LogP) is 8.61. The summed E-state index contributed by atoms with van der Waals surface area (Å²) < 4.78 is 4.53. The maximum atomic E-state index is 4.36. The Hall–Kier alpha value is -5.36. The van der Waals surface area contributed by atoms with E-state index in [0.717, 1.165) is 44.6 Å². The molecule has 0 saturated carbocycles. The molecule has 2 aromatic carbocycles. The molecular formula is C36H32N6. The fourth-order valence-corrected chi connectivity index (χ4v) is 5.94. The number of hydrogen-bond acceptors (Lipinski definition) is 4. The number of fused-ring (bicyclic) bond motifs is 3. The van der Waals surface area contributed by atoms with Gasteiger partial charge >= 0.3 is 0 Å². The molecule has 6 rings (SSSR count). The Bertz CT molecular complexity index is 1970. The minimum Gasteiger partial charge on any atom is -0.310 e. The summed E-state index contributed by atoms with van der Waals surface area (Å²) in [5.74, 6) is 0. The number of nitrogens with zero attached hydrogens (tertiary/aromatic N) is 6. The van der Waals surface area contributed by atoms with Crippen molar-refractivity contribution in [2.45, 2.75) is 27.7 Å². The summed E-state index contributed by atoms with van der Waals surface area (Å²) in [5, 5.41) is 2.20. The summed E-state index contributed by atoms with van der Waals surface area (Å²) in [6, 6.07) is 17.5. The standard InChI is InChI=1S/C36H32N6/c1-23-19-27(41-33(11-15-37-5)25(3)26(4)34(41)12-16-38-6)7-9-29(23)30-10-8-28(20-24(30)2)42-35-13-17-39-21-31(35)32-22-40-18-14-36(32)42/h7-22H,5-6H2,1-4H3/b15-11-,16-12-. The van der Waals surface area contributed by atoms with E-state index in [2.05, 4.69) is 119 Å². The van der Waals surface area contributed by atoms with Crippen LogP contribution in [0.25, 0.3) is 56.5 Å². The molecule has 0 amide bonds. The van der Waals surface area contributed by atoms with Crippen LogP contribution in [0.3, 0.4) is 0 Å². The summed E-state index contributed by atoms with van der Waals surface area (Å²) in [6.45, 7) is 15.8. The van der Waals surface area contributed by atoms with Gasteiger partial charge in [0.15, 0.2) is 0 Å². The van der Waals surface area contributed by atoms with Crippen molar-refractivity contribution in [1.29, 1.82) is 0 Å². The molecule has 4 aromatic heterocycles. The second-order valence-electron chi connectivity index (χ2n) is 10.5. The molecule has 4 heterocycles. The lowest BCUT2D eigenvalue weighted by atomic mass is 9.95. The lowest BCUT2D eigenvalue weighted by Crippen LogP contribution is -2.01. The SMILES string of the molecule is C=N/C=C\c1c(C)c(C)c(/C=C\N=C)n1-c1ccc(-c2ccc(-n3c4ccncc4c4cnccc43)cc2C)c(C)c1. The average Bonchev–Trinajstić information content (AvgIpc) is 3.46. The molecule has 0 radical (unpaired) electrons. The zero-order valence-corrected chi connectivity index (χ0v) is 24.3. The third-order valence-electron chi connectivity index (χ3n) is 8.08. The molecule has 6 aromatic rings. The smallest absolute Gasteiger partial charge is 0.0572 e. The fraction of sp³-hybridized carbons (Fsp3) is 0.111. The normalized spacial score (nSPS) is 11.8. The molecule has 42 heavy (non-hydrogen) atoms. The monoisotopic (exact) mass is 548 g/mol. The molecule has 0 unspecified atom stereocenters. The summed E-state index contributed by atoms with van der Waals surface area (Å²) in [5.41, 5.74) is 13.7. The molecule has 6 nitrogen and oxygen atoms in total. The Balaban J connectivity index is 1.45. The van der Waals surface area contributed by atoms with Crippen molar-refractivity contribution in [3.05, 3.63) is 119 Å². The van der Waals surface area contributed by atoms with Crippen LogP contribution in [0, 0.1) is 27.7 Å². The Kier molecular flexibility index (Phi) is 6.97. The van der Waals surface area contributed by atoms with E-state index in [9.17, 15) is 0 Å². The zero-order valence-electron chi connectivity index (χ0n) is 24.3. The summed E-state index contributed by atoms with van der Waals surface area (Å²) >= 11 is 0. The molecule has 0 bridgehead atoms. The second-order valence-corrected chi connectivity index (χ2v) is 10.5. The minimum atomic E-state index is 1.06. The molecule has 0 saturated heterocycles. The molecule has 206 valence electrons. The number of benzene rings is 2. The van der Waals surface area contributed by atoms with Gasteiger partial charge in [-0.2, -0.15) is 0 Å². The van der Waals surface area contributed by atoms with Crippen molar-refractivity contribution >= 4 is 47.4 Å². The van der Waals surface area contributed by atoms with Crippen LogP contribution in [0.2, 0.25) is 0 Å². The highest BCUT2D eigenvalue weighted by Crippen LogP contribution is 2.35. The van der Waals surface area contributed by atoms with E-state index < -0.39 is 0 Å². The van der Waals surface area contributed by atoms with Crippen molar-refractivity contribution in [3.63, 3.8) is 0 Å². The van der Waals surface area contributed by atoms with Crippen LogP contribution in [0.4, 0.5) is 0 Å². The number of aromatic nitrogens is 4. The first-order valence-electron chi connectivity index (χ1n) is 13.8. The van der Waals surface area contributed by atoms with E-state index in [1.807, 2.05) is 36.9 Å². The first kappa shape index (κ1) is 26.8. The van der Waals surface area contributed by atoms with E-state index >= 15 is 0 Å². The number of hydrogen-bond donors (Lipinski definition) is 0. The second kappa shape index (κ2) is 10.9. The van der Waals surface area contributed by atoms with E-state index in [1.54, 1.807) is 12.4 Å². The summed E-state index contributed by atoms with van der Waals surface area (Å²) in [6.07, 6.45) is 15.0. The van der Waals surface area contributed by atoms with E-state index in [1.165, 1.54) is 33.4 Å². The van der Waals surface area contributed by atoms with Crippen LogP contribution < -0.4 is 0 Å². The largest absolute Gasteiger partial charge is 0.310 e. The molecule has 0 aliphatic carbocycles. The van der Waals surface area contributed by atoms with Crippen molar-refractivity contribution in [1.82, 2.24) is 19.1 Å². The number of pyridine rings is 2. The summed E-state index contributed by atoms with van der Waals surface area (Å²) in [7, 11) is 0. The van der Waals surface area contributed by atoms with Gasteiger partial charge in [-0.05, 0) is 123 Å². The zero-order chi connectivity index (χ0) is 29.4. The van der Waals surface area contributed by atoms with Gasteiger partial charge in [-0.25, -0.2) is 0 Å². The van der Waals surface area contributed by atoms with Gasteiger partial charge in [0.2, 0.25) is 0 Å². The quantitative estimate of drug-likeness (QED) is 0.188. The van der Waals surface area contributed by atoms with Gasteiger partial charge < -0.3 is 9.13 Å². The van der Waals surface area contributed by atoms with Gasteiger partial charge in [0, 0.05) is 59.3 Å². The van der Waals surface area contributed by atoms with Gasteiger partial charge in [-0.15, -0.1) is 0 Å². The molecule has 0 atom stereocenters. The third kappa shape index (κ3) is 4.38. The summed E-state index contributed by atoms with van der Waals surface area (Å²) in [4.78, 5) is 16.6. The minimum absolute atomic E-state index is 1.06. The van der Waals surface area contributed by atoms with Crippen molar-refractivity contribution in [3.8, 4) is 22.5 Å². The predicted molar refractivity (Wildman–Crippen MR) is 177 cm³/mol. The van der Waals surface area contributed by atoms with Crippen molar-refractivity contribution < 1.29 is 0 Å². The van der Waals surface area contributed by atoms with Crippen LogP contribution in [0.1, 0.15) is 33.6 Å². The van der Waals surface area contributed by atoms with Crippen LogP contribution >= 0.6 is 0 Å². The molecule has 0 fully saturated rings. The number of rotatable bonds is 7. The number of aliphatic imine (C=N–C) groups is 2. The van der Waals surface area contributed by atoms with Gasteiger partial charge in [0.1, 0.15) is 0 Å². The maximum absolute atomic E-state index is 4.36. The van der Waals surface area contributed by atoms with E-state index in [-0.39, 0.29) is 0 Å². The topological polar surface area (TPSA) is 60.4 Å². The van der Waals surface area contributed by atoms with Crippen LogP contribution in [0.15, 0.2) is 95.7 Å². The van der Waals surface area contributed by atoms with Gasteiger partial charge in [0.05, 0.1) is 22.4 Å². The highest BCUT2D eigenvalue weighted by Gasteiger charge is 2.18. The lowest BCUT2D eigenvalue weighted by molar-refractivity contribution is 1.03. The highest BCUT2D eigenvalue weighted by molar-refractivity contribution is 6.08. The Morgan fingerprint density at radius 1 is 0.619 bits per heavy atom. The first-order valence-corrected chi connectivity index (χ1v) is 13.8. The van der Waals surface area contributed by atoms with Crippen molar-refractivity contribution in [2.75, 3.05) is 0 Å². The fourth-order valence-electron chi connectivity index (χ4n) is 5.94. The molecule has 0 spiro atoms. The van der Waals surface area contributed by atoms with Gasteiger partial charge in [-0.1, -0.05) is 12.1 Å². The average molecular weight is 549 g/mol. The Labute approximate surface area is 245 Å². The van der Waals surface area contributed by atoms with E-state index in [0.29, 0.717) is 0 Å². The first-order chi connectivity index (χ1) is 20.4. The molecule has 0 aliphatic rings. The highest BCUT2D eigenvalue weighted by atomic mass is 15.0. The molecule has 0 aliphatic heterocycles. The molecular weight excluding hydrogens is 516 g/mol. The Morgan fingerprint density at radius 3 is 1.50 bits per heavy atom. The third-order valence-corrected chi connectivity index (χ3v) is 8.08. The van der Waals surface area contributed by atoms with E-state index in [4.69, 9.17) is 0 Å². The molecule has 6 heteroatoms. The maximum Gasteiger partial charge on any atom is 0.0572 e. The van der Waals surface area contributed by atoms with Crippen molar-refractivity contribution in [2.24, 2.45) is 9.98 Å². The van der Waals surface area contributed by atoms with Gasteiger partial charge in [0.25, 0.3) is 0 Å². The Morgan fingerprint density at radius 2 is 1.07 bits per heavy atom. The van der Waals surface area contributed by atoms with Gasteiger partial charge in [-0.3, -0.25) is 20.0 Å². The molecule has 0 N–H and O–H groups in total.